The number of benzene rings is 1. The molecule has 1 fully saturated rings. The van der Waals surface area contributed by atoms with Crippen molar-refractivity contribution >= 4 is 26.8 Å². The molecule has 7 heteroatoms. The molecule has 0 atom stereocenters. The maximum Gasteiger partial charge on any atom is 0.256 e. The maximum absolute atomic E-state index is 12.9. The number of nitrogens with zero attached hydrogens (tertiary/aromatic N) is 2. The third kappa shape index (κ3) is 2.82. The fourth-order valence-electron chi connectivity index (χ4n) is 3.18. The summed E-state index contributed by atoms with van der Waals surface area (Å²) < 4.78 is 25.3. The first-order chi connectivity index (χ1) is 11.3. The Kier molecular flexibility index (Phi) is 4.40. The van der Waals surface area contributed by atoms with Crippen LogP contribution in [-0.4, -0.2) is 60.4 Å². The number of para-hydroxylation sites is 1. The van der Waals surface area contributed by atoms with Crippen LogP contribution in [0.3, 0.4) is 0 Å². The first-order valence-electron chi connectivity index (χ1n) is 8.20. The monoisotopic (exact) mass is 349 g/mol. The van der Waals surface area contributed by atoms with Gasteiger partial charge < -0.3 is 9.88 Å². The van der Waals surface area contributed by atoms with Gasteiger partial charge in [0.1, 0.15) is 0 Å². The zero-order valence-corrected chi connectivity index (χ0v) is 15.1. The lowest BCUT2D eigenvalue weighted by molar-refractivity contribution is 0.0700. The minimum absolute atomic E-state index is 0.0459. The molecule has 2 aromatic rings. The normalized spacial score (nSPS) is 16.7. The van der Waals surface area contributed by atoms with E-state index >= 15 is 0 Å². The fraction of sp³-hybridized carbons (Fsp3) is 0.471. The van der Waals surface area contributed by atoms with E-state index in [0.717, 1.165) is 22.2 Å². The van der Waals surface area contributed by atoms with Crippen LogP contribution in [0, 0.1) is 13.8 Å². The molecule has 1 amide bonds. The highest BCUT2D eigenvalue weighted by molar-refractivity contribution is 7.89. The van der Waals surface area contributed by atoms with Gasteiger partial charge in [-0.1, -0.05) is 12.1 Å². The second-order valence-corrected chi connectivity index (χ2v) is 8.45. The second-order valence-electron chi connectivity index (χ2n) is 6.19. The number of aromatic amines is 1. The van der Waals surface area contributed by atoms with E-state index in [9.17, 15) is 13.2 Å². The zero-order valence-electron chi connectivity index (χ0n) is 14.3. The molecule has 1 aromatic carbocycles. The quantitative estimate of drug-likeness (QED) is 0.920. The molecule has 0 aliphatic carbocycles. The van der Waals surface area contributed by atoms with E-state index in [0.29, 0.717) is 31.7 Å². The number of fused-ring (bicyclic) bond motifs is 1. The van der Waals surface area contributed by atoms with Crippen molar-refractivity contribution in [3.05, 3.63) is 35.0 Å². The van der Waals surface area contributed by atoms with Crippen LogP contribution in [0.15, 0.2) is 18.2 Å². The van der Waals surface area contributed by atoms with Gasteiger partial charge in [-0.05, 0) is 32.4 Å². The van der Waals surface area contributed by atoms with Crippen LogP contribution in [-0.2, 0) is 10.0 Å². The van der Waals surface area contributed by atoms with E-state index in [1.54, 1.807) is 11.8 Å². The molecule has 24 heavy (non-hydrogen) atoms. The summed E-state index contributed by atoms with van der Waals surface area (Å²) in [5.41, 5.74) is 3.72. The first-order valence-corrected chi connectivity index (χ1v) is 9.81. The van der Waals surface area contributed by atoms with Gasteiger partial charge in [-0.3, -0.25) is 4.79 Å². The topological polar surface area (TPSA) is 73.5 Å². The molecule has 0 spiro atoms. The number of carbonyl (C=O) groups excluding carboxylic acids is 1. The number of nitrogens with one attached hydrogen (secondary N) is 1. The lowest BCUT2D eigenvalue weighted by atomic mass is 10.1. The molecule has 1 N–H and O–H groups in total. The number of sulfonamides is 1. The second kappa shape index (κ2) is 6.22. The Morgan fingerprint density at radius 2 is 1.83 bits per heavy atom. The number of amides is 1. The number of hydrogen-bond donors (Lipinski definition) is 1. The summed E-state index contributed by atoms with van der Waals surface area (Å²) in [6, 6.07) is 5.74. The molecular weight excluding hydrogens is 326 g/mol. The SMILES string of the molecule is CCS(=O)(=O)N1CCN(C(=O)c2cccc3c(C)c(C)[nH]c23)CC1. The van der Waals surface area contributed by atoms with Crippen molar-refractivity contribution in [3.63, 3.8) is 0 Å². The van der Waals surface area contributed by atoms with Crippen molar-refractivity contribution in [2.75, 3.05) is 31.9 Å². The first kappa shape index (κ1) is 17.0. The molecule has 0 radical (unpaired) electrons. The molecule has 0 unspecified atom stereocenters. The van der Waals surface area contributed by atoms with Crippen LogP contribution in [0.2, 0.25) is 0 Å². The Labute approximate surface area is 142 Å². The van der Waals surface area contributed by atoms with Gasteiger partial charge in [0.25, 0.3) is 5.91 Å². The fourth-order valence-corrected chi connectivity index (χ4v) is 4.27. The predicted molar refractivity (Wildman–Crippen MR) is 94.7 cm³/mol. The molecule has 6 nitrogen and oxygen atoms in total. The van der Waals surface area contributed by atoms with Crippen LogP contribution >= 0.6 is 0 Å². The van der Waals surface area contributed by atoms with Gasteiger partial charge in [-0.15, -0.1) is 0 Å². The third-order valence-corrected chi connectivity index (χ3v) is 6.74. The number of aryl methyl sites for hydroxylation is 2. The third-order valence-electron chi connectivity index (χ3n) is 4.86. The summed E-state index contributed by atoms with van der Waals surface area (Å²) in [6.07, 6.45) is 0. The Morgan fingerprint density at radius 3 is 2.46 bits per heavy atom. The summed E-state index contributed by atoms with van der Waals surface area (Å²) >= 11 is 0. The zero-order chi connectivity index (χ0) is 17.5. The van der Waals surface area contributed by atoms with Crippen LogP contribution in [0.25, 0.3) is 10.9 Å². The molecular formula is C17H23N3O3S. The Morgan fingerprint density at radius 1 is 1.17 bits per heavy atom. The van der Waals surface area contributed by atoms with Crippen molar-refractivity contribution in [1.82, 2.24) is 14.2 Å². The molecule has 3 rings (SSSR count). The average molecular weight is 349 g/mol. The standard InChI is InChI=1S/C17H23N3O3S/c1-4-24(22,23)20-10-8-19(9-11-20)17(21)15-7-5-6-14-12(2)13(3)18-16(14)15/h5-7,18H,4,8-11H2,1-3H3. The molecule has 130 valence electrons. The summed E-state index contributed by atoms with van der Waals surface area (Å²) in [6.45, 7) is 7.25. The Bertz CT molecular complexity index is 878. The van der Waals surface area contributed by atoms with Crippen LogP contribution in [0.5, 0.6) is 0 Å². The molecule has 1 saturated heterocycles. The van der Waals surface area contributed by atoms with Crippen molar-refractivity contribution in [3.8, 4) is 0 Å². The van der Waals surface area contributed by atoms with Crippen molar-refractivity contribution < 1.29 is 13.2 Å². The molecule has 2 heterocycles. The summed E-state index contributed by atoms with van der Waals surface area (Å²) in [7, 11) is -3.18. The highest BCUT2D eigenvalue weighted by Gasteiger charge is 2.28. The van der Waals surface area contributed by atoms with Crippen LogP contribution < -0.4 is 0 Å². The van der Waals surface area contributed by atoms with Gasteiger partial charge in [0.05, 0.1) is 16.8 Å². The van der Waals surface area contributed by atoms with Gasteiger partial charge >= 0.3 is 0 Å². The minimum Gasteiger partial charge on any atom is -0.358 e. The van der Waals surface area contributed by atoms with E-state index in [1.165, 1.54) is 4.31 Å². The Balaban J connectivity index is 1.83. The van der Waals surface area contributed by atoms with E-state index in [-0.39, 0.29) is 11.7 Å². The van der Waals surface area contributed by atoms with Gasteiger partial charge in [0, 0.05) is 37.3 Å². The van der Waals surface area contributed by atoms with E-state index < -0.39 is 10.0 Å². The van der Waals surface area contributed by atoms with Crippen molar-refractivity contribution in [1.29, 1.82) is 0 Å². The number of aromatic nitrogens is 1. The van der Waals surface area contributed by atoms with Crippen molar-refractivity contribution in [2.45, 2.75) is 20.8 Å². The van der Waals surface area contributed by atoms with Gasteiger partial charge in [-0.2, -0.15) is 4.31 Å². The molecule has 1 aromatic heterocycles. The maximum atomic E-state index is 12.9. The molecule has 0 bridgehead atoms. The van der Waals surface area contributed by atoms with E-state index in [4.69, 9.17) is 0 Å². The van der Waals surface area contributed by atoms with E-state index in [1.807, 2.05) is 32.0 Å². The lowest BCUT2D eigenvalue weighted by Crippen LogP contribution is -2.50. The van der Waals surface area contributed by atoms with Gasteiger partial charge in [0.2, 0.25) is 10.0 Å². The van der Waals surface area contributed by atoms with Crippen LogP contribution in [0.4, 0.5) is 0 Å². The molecule has 1 aliphatic rings. The Hall–Kier alpha value is -1.86. The molecule has 1 aliphatic heterocycles. The van der Waals surface area contributed by atoms with E-state index in [2.05, 4.69) is 4.98 Å². The van der Waals surface area contributed by atoms with Gasteiger partial charge in [0.15, 0.2) is 0 Å². The van der Waals surface area contributed by atoms with Crippen LogP contribution in [0.1, 0.15) is 28.5 Å². The highest BCUT2D eigenvalue weighted by atomic mass is 32.2. The number of rotatable bonds is 3. The summed E-state index contributed by atoms with van der Waals surface area (Å²) in [5, 5.41) is 1.06. The van der Waals surface area contributed by atoms with Crippen molar-refractivity contribution in [2.24, 2.45) is 0 Å². The largest absolute Gasteiger partial charge is 0.358 e. The number of carbonyl (C=O) groups is 1. The predicted octanol–water partition coefficient (Wildman–Crippen LogP) is 1.89. The number of piperazine rings is 1. The smallest absolute Gasteiger partial charge is 0.256 e. The highest BCUT2D eigenvalue weighted by Crippen LogP contribution is 2.25. The lowest BCUT2D eigenvalue weighted by Gasteiger charge is -2.33. The average Bonchev–Trinajstić information content (AvgIpc) is 2.89. The van der Waals surface area contributed by atoms with Gasteiger partial charge in [-0.25, -0.2) is 8.42 Å². The summed E-state index contributed by atoms with van der Waals surface area (Å²) in [4.78, 5) is 17.9. The molecule has 0 saturated carbocycles. The summed E-state index contributed by atoms with van der Waals surface area (Å²) in [5.74, 6) is 0.0526. The number of hydrogen-bond acceptors (Lipinski definition) is 3. The minimum atomic E-state index is -3.18. The number of H-pyrrole nitrogens is 1.